The van der Waals surface area contributed by atoms with Crippen LogP contribution < -0.4 is 16.0 Å². The lowest BCUT2D eigenvalue weighted by atomic mass is 9.92. The zero-order valence-corrected chi connectivity index (χ0v) is 18.0. The van der Waals surface area contributed by atoms with Crippen LogP contribution in [0.15, 0.2) is 18.2 Å². The van der Waals surface area contributed by atoms with Gasteiger partial charge in [0.2, 0.25) is 5.91 Å². The average molecular weight is 389 g/mol. The molecule has 1 aromatic carbocycles. The molecule has 28 heavy (non-hydrogen) atoms. The fraction of sp³-hybridized carbons (Fsp3) is 0.636. The third-order valence-corrected chi connectivity index (χ3v) is 5.16. The second-order valence-electron chi connectivity index (χ2n) is 8.61. The highest BCUT2D eigenvalue weighted by atomic mass is 16.2. The van der Waals surface area contributed by atoms with E-state index < -0.39 is 0 Å². The van der Waals surface area contributed by atoms with E-state index in [1.54, 1.807) is 6.07 Å². The molecule has 0 aliphatic carbocycles. The zero-order chi connectivity index (χ0) is 20.7. The molecule has 0 unspecified atom stereocenters. The number of carbonyl (C=O) groups is 2. The maximum atomic E-state index is 12.2. The molecule has 1 aromatic rings. The van der Waals surface area contributed by atoms with E-state index in [0.29, 0.717) is 17.9 Å². The number of carbonyl (C=O) groups excluding carboxylic acids is 2. The van der Waals surface area contributed by atoms with Crippen molar-refractivity contribution in [2.75, 3.05) is 36.8 Å². The summed E-state index contributed by atoms with van der Waals surface area (Å²) in [7, 11) is 0. The van der Waals surface area contributed by atoms with Crippen molar-refractivity contribution in [3.8, 4) is 0 Å². The number of nitrogens with zero attached hydrogens (tertiary/aromatic N) is 1. The fourth-order valence-electron chi connectivity index (χ4n) is 3.77. The third-order valence-electron chi connectivity index (χ3n) is 5.16. The molecular formula is C22H36N4O2. The molecular weight excluding hydrogens is 352 g/mol. The molecule has 0 aromatic heterocycles. The SMILES string of the molecule is Cc1ccc(NC(=O)C(C)C)cc1NC(=O)NCCCN1C[C@H](C)C[C@@H](C)C1. The monoisotopic (exact) mass is 388 g/mol. The van der Waals surface area contributed by atoms with Crippen LogP contribution in [0.3, 0.4) is 0 Å². The maximum Gasteiger partial charge on any atom is 0.319 e. The van der Waals surface area contributed by atoms with E-state index in [4.69, 9.17) is 0 Å². The highest BCUT2D eigenvalue weighted by Crippen LogP contribution is 2.21. The first-order valence-corrected chi connectivity index (χ1v) is 10.4. The molecule has 0 radical (unpaired) electrons. The summed E-state index contributed by atoms with van der Waals surface area (Å²) in [5.41, 5.74) is 2.35. The van der Waals surface area contributed by atoms with E-state index in [1.165, 1.54) is 6.42 Å². The number of piperidine rings is 1. The second-order valence-corrected chi connectivity index (χ2v) is 8.61. The van der Waals surface area contributed by atoms with Crippen molar-refractivity contribution in [1.82, 2.24) is 10.2 Å². The number of hydrogen-bond acceptors (Lipinski definition) is 3. The Balaban J connectivity index is 1.77. The van der Waals surface area contributed by atoms with E-state index in [2.05, 4.69) is 34.7 Å². The lowest BCUT2D eigenvalue weighted by Crippen LogP contribution is -2.40. The van der Waals surface area contributed by atoms with Crippen LogP contribution in [0.1, 0.15) is 46.1 Å². The van der Waals surface area contributed by atoms with E-state index in [-0.39, 0.29) is 17.9 Å². The molecule has 1 saturated heterocycles. The highest BCUT2D eigenvalue weighted by molar-refractivity contribution is 5.94. The van der Waals surface area contributed by atoms with Gasteiger partial charge in [-0.25, -0.2) is 4.79 Å². The topological polar surface area (TPSA) is 73.5 Å². The lowest BCUT2D eigenvalue weighted by molar-refractivity contribution is -0.118. The summed E-state index contributed by atoms with van der Waals surface area (Å²) in [6.45, 7) is 14.2. The Hall–Kier alpha value is -2.08. The van der Waals surface area contributed by atoms with Gasteiger partial charge in [-0.3, -0.25) is 4.79 Å². The van der Waals surface area contributed by atoms with Gasteiger partial charge in [0.05, 0.1) is 0 Å². The van der Waals surface area contributed by atoms with Gasteiger partial charge in [-0.1, -0.05) is 33.8 Å². The Bertz CT molecular complexity index is 665. The van der Waals surface area contributed by atoms with Gasteiger partial charge in [-0.15, -0.1) is 0 Å². The predicted molar refractivity (Wildman–Crippen MR) is 116 cm³/mol. The largest absolute Gasteiger partial charge is 0.338 e. The standard InChI is InChI=1S/C22H36N4O2/c1-15(2)21(27)24-19-8-7-18(5)20(12-19)25-22(28)23-9-6-10-26-13-16(3)11-17(4)14-26/h7-8,12,15-17H,6,9-11,13-14H2,1-5H3,(H,24,27)(H2,23,25,28)/t16-,17-/m1/s1. The van der Waals surface area contributed by atoms with Crippen LogP contribution in [0, 0.1) is 24.7 Å². The van der Waals surface area contributed by atoms with Crippen LogP contribution in [-0.2, 0) is 4.79 Å². The van der Waals surface area contributed by atoms with Gasteiger partial charge >= 0.3 is 6.03 Å². The minimum absolute atomic E-state index is 0.0411. The van der Waals surface area contributed by atoms with Crippen molar-refractivity contribution in [2.45, 2.75) is 47.5 Å². The molecule has 0 bridgehead atoms. The molecule has 3 amide bonds. The fourth-order valence-corrected chi connectivity index (χ4v) is 3.77. The first-order chi connectivity index (χ1) is 13.2. The van der Waals surface area contributed by atoms with Crippen LogP contribution in [0.4, 0.5) is 16.2 Å². The van der Waals surface area contributed by atoms with E-state index in [1.807, 2.05) is 32.9 Å². The van der Waals surface area contributed by atoms with Crippen LogP contribution in [-0.4, -0.2) is 43.0 Å². The van der Waals surface area contributed by atoms with Crippen LogP contribution in [0.2, 0.25) is 0 Å². The molecule has 2 rings (SSSR count). The van der Waals surface area contributed by atoms with Gasteiger partial charge in [0.1, 0.15) is 0 Å². The molecule has 6 heteroatoms. The molecule has 1 heterocycles. The summed E-state index contributed by atoms with van der Waals surface area (Å²) in [5, 5.41) is 8.69. The Kier molecular flexibility index (Phi) is 8.30. The molecule has 1 fully saturated rings. The average Bonchev–Trinajstić information content (AvgIpc) is 2.60. The molecule has 1 aliphatic heterocycles. The van der Waals surface area contributed by atoms with Gasteiger partial charge in [0.25, 0.3) is 0 Å². The van der Waals surface area contributed by atoms with Crippen molar-refractivity contribution in [3.63, 3.8) is 0 Å². The van der Waals surface area contributed by atoms with Gasteiger partial charge < -0.3 is 20.9 Å². The molecule has 0 saturated carbocycles. The van der Waals surface area contributed by atoms with Crippen LogP contribution >= 0.6 is 0 Å². The number of amides is 3. The maximum absolute atomic E-state index is 12.2. The predicted octanol–water partition coefficient (Wildman–Crippen LogP) is 4.08. The number of likely N-dealkylation sites (tertiary alicyclic amines) is 1. The van der Waals surface area contributed by atoms with Gasteiger partial charge in [-0.2, -0.15) is 0 Å². The summed E-state index contributed by atoms with van der Waals surface area (Å²) < 4.78 is 0. The molecule has 0 spiro atoms. The highest BCUT2D eigenvalue weighted by Gasteiger charge is 2.21. The van der Waals surface area contributed by atoms with Crippen molar-refractivity contribution < 1.29 is 9.59 Å². The minimum atomic E-state index is -0.212. The van der Waals surface area contributed by atoms with Crippen molar-refractivity contribution >= 4 is 23.3 Å². The zero-order valence-electron chi connectivity index (χ0n) is 18.0. The first kappa shape index (κ1) is 22.2. The molecule has 1 aliphatic rings. The smallest absolute Gasteiger partial charge is 0.319 e. The summed E-state index contributed by atoms with van der Waals surface area (Å²) in [6.07, 6.45) is 2.25. The van der Waals surface area contributed by atoms with Crippen LogP contribution in [0.25, 0.3) is 0 Å². The first-order valence-electron chi connectivity index (χ1n) is 10.4. The normalized spacial score (nSPS) is 20.1. The van der Waals surface area contributed by atoms with Gasteiger partial charge in [-0.05, 0) is 55.8 Å². The van der Waals surface area contributed by atoms with E-state index >= 15 is 0 Å². The lowest BCUT2D eigenvalue weighted by Gasteiger charge is -2.34. The Morgan fingerprint density at radius 1 is 1.14 bits per heavy atom. The van der Waals surface area contributed by atoms with E-state index in [0.717, 1.165) is 43.5 Å². The third kappa shape index (κ3) is 7.15. The molecule has 2 atom stereocenters. The van der Waals surface area contributed by atoms with Gasteiger partial charge in [0.15, 0.2) is 0 Å². The molecule has 156 valence electrons. The second kappa shape index (κ2) is 10.5. The van der Waals surface area contributed by atoms with E-state index in [9.17, 15) is 9.59 Å². The molecule has 6 nitrogen and oxygen atoms in total. The number of urea groups is 1. The number of aryl methyl sites for hydroxylation is 1. The summed E-state index contributed by atoms with van der Waals surface area (Å²) in [5.74, 6) is 1.38. The summed E-state index contributed by atoms with van der Waals surface area (Å²) >= 11 is 0. The van der Waals surface area contributed by atoms with Crippen molar-refractivity contribution in [3.05, 3.63) is 23.8 Å². The number of benzene rings is 1. The number of nitrogens with one attached hydrogen (secondary N) is 3. The molecule has 3 N–H and O–H groups in total. The quantitative estimate of drug-likeness (QED) is 0.616. The summed E-state index contributed by atoms with van der Waals surface area (Å²) in [4.78, 5) is 26.6. The van der Waals surface area contributed by atoms with Gasteiger partial charge in [0, 0.05) is 36.9 Å². The Labute approximate surface area is 169 Å². The number of anilines is 2. The minimum Gasteiger partial charge on any atom is -0.338 e. The number of rotatable bonds is 7. The Morgan fingerprint density at radius 3 is 2.46 bits per heavy atom. The van der Waals surface area contributed by atoms with Crippen molar-refractivity contribution in [1.29, 1.82) is 0 Å². The van der Waals surface area contributed by atoms with Crippen LogP contribution in [0.5, 0.6) is 0 Å². The summed E-state index contributed by atoms with van der Waals surface area (Å²) in [6, 6.07) is 5.32. The number of hydrogen-bond donors (Lipinski definition) is 3. The van der Waals surface area contributed by atoms with Crippen molar-refractivity contribution in [2.24, 2.45) is 17.8 Å². The Morgan fingerprint density at radius 2 is 1.82 bits per heavy atom.